The predicted molar refractivity (Wildman–Crippen MR) is 69.9 cm³/mol. The lowest BCUT2D eigenvalue weighted by molar-refractivity contribution is -0.212. The number of fused-ring (bicyclic) bond motifs is 1. The number of carboxylic acids is 1. The number of esters is 1. The molecule has 20 heavy (non-hydrogen) atoms. The fourth-order valence-electron chi connectivity index (χ4n) is 2.53. The summed E-state index contributed by atoms with van der Waals surface area (Å²) in [6.07, 6.45) is 1.37. The van der Waals surface area contributed by atoms with Gasteiger partial charge in [0.15, 0.2) is 0 Å². The highest BCUT2D eigenvalue weighted by atomic mass is 16.7. The Bertz CT molecular complexity index is 460. The van der Waals surface area contributed by atoms with Crippen molar-refractivity contribution < 1.29 is 24.3 Å². The third-order valence-electron chi connectivity index (χ3n) is 3.58. The molecule has 1 fully saturated rings. The Labute approximate surface area is 117 Å². The lowest BCUT2D eigenvalue weighted by Crippen LogP contribution is -2.45. The van der Waals surface area contributed by atoms with E-state index < -0.39 is 24.1 Å². The summed E-state index contributed by atoms with van der Waals surface area (Å²) in [4.78, 5) is 32.9. The first-order valence-corrected chi connectivity index (χ1v) is 6.77. The zero-order chi connectivity index (χ0) is 15.0. The van der Waals surface area contributed by atoms with Crippen molar-refractivity contribution in [2.24, 2.45) is 10.4 Å². The van der Waals surface area contributed by atoms with E-state index in [-0.39, 0.29) is 12.0 Å². The summed E-state index contributed by atoms with van der Waals surface area (Å²) in [7, 11) is 0. The lowest BCUT2D eigenvalue weighted by atomic mass is 9.83. The molecule has 0 aromatic rings. The van der Waals surface area contributed by atoms with Gasteiger partial charge in [-0.3, -0.25) is 4.79 Å². The van der Waals surface area contributed by atoms with Crippen LogP contribution in [0, 0.1) is 5.41 Å². The molecule has 112 valence electrons. The standard InChI is InChI=1S/C13H20N2O5/c1-4-19-9(16)8-13(11(17)18)14-10-12(2,3)6-5-7-15(10)20-13/h4-8H2,1-3H3,(H,17,18). The van der Waals surface area contributed by atoms with Crippen molar-refractivity contribution in [2.45, 2.75) is 45.8 Å². The van der Waals surface area contributed by atoms with Crippen LogP contribution in [0.2, 0.25) is 0 Å². The van der Waals surface area contributed by atoms with Gasteiger partial charge in [0.2, 0.25) is 0 Å². The first-order chi connectivity index (χ1) is 9.31. The number of hydroxylamine groups is 2. The molecule has 0 aliphatic carbocycles. The predicted octanol–water partition coefficient (Wildman–Crippen LogP) is 1.19. The minimum Gasteiger partial charge on any atom is -0.478 e. The number of carbonyl (C=O) groups excluding carboxylic acids is 1. The van der Waals surface area contributed by atoms with Crippen LogP contribution < -0.4 is 0 Å². The molecule has 0 bridgehead atoms. The molecule has 1 atom stereocenters. The SMILES string of the molecule is CCOC(=O)CC1(C(=O)O)N=C2N(CCCC2(C)C)O1. The number of ether oxygens (including phenoxy) is 1. The van der Waals surface area contributed by atoms with Gasteiger partial charge in [-0.25, -0.2) is 19.7 Å². The largest absolute Gasteiger partial charge is 0.478 e. The van der Waals surface area contributed by atoms with E-state index in [0.717, 1.165) is 12.8 Å². The van der Waals surface area contributed by atoms with Crippen LogP contribution in [-0.4, -0.2) is 46.8 Å². The summed E-state index contributed by atoms with van der Waals surface area (Å²) in [6.45, 7) is 6.42. The van der Waals surface area contributed by atoms with E-state index >= 15 is 0 Å². The molecule has 0 amide bonds. The van der Waals surface area contributed by atoms with Crippen molar-refractivity contribution in [3.63, 3.8) is 0 Å². The molecule has 0 aromatic carbocycles. The van der Waals surface area contributed by atoms with Gasteiger partial charge in [0, 0.05) is 12.0 Å². The molecule has 2 aliphatic rings. The van der Waals surface area contributed by atoms with E-state index in [1.165, 1.54) is 5.06 Å². The summed E-state index contributed by atoms with van der Waals surface area (Å²) in [5.74, 6) is -1.31. The van der Waals surface area contributed by atoms with Crippen molar-refractivity contribution in [3.8, 4) is 0 Å². The molecule has 2 rings (SSSR count). The molecular formula is C13H20N2O5. The Morgan fingerprint density at radius 1 is 1.50 bits per heavy atom. The van der Waals surface area contributed by atoms with Crippen LogP contribution in [0.1, 0.15) is 40.0 Å². The molecule has 0 saturated carbocycles. The first kappa shape index (κ1) is 14.8. The summed E-state index contributed by atoms with van der Waals surface area (Å²) >= 11 is 0. The average molecular weight is 284 g/mol. The monoisotopic (exact) mass is 284 g/mol. The van der Waals surface area contributed by atoms with Crippen LogP contribution in [0.4, 0.5) is 0 Å². The normalized spacial score (nSPS) is 27.8. The number of rotatable bonds is 4. The topological polar surface area (TPSA) is 88.4 Å². The van der Waals surface area contributed by atoms with Gasteiger partial charge in [-0.1, -0.05) is 13.8 Å². The number of hydrogen-bond donors (Lipinski definition) is 1. The van der Waals surface area contributed by atoms with Crippen molar-refractivity contribution in [2.75, 3.05) is 13.2 Å². The Morgan fingerprint density at radius 3 is 2.75 bits per heavy atom. The maximum atomic E-state index is 11.6. The van der Waals surface area contributed by atoms with E-state index in [9.17, 15) is 14.7 Å². The minimum atomic E-state index is -1.89. The molecule has 7 nitrogen and oxygen atoms in total. The molecule has 1 saturated heterocycles. The average Bonchev–Trinajstić information content (AvgIpc) is 2.70. The van der Waals surface area contributed by atoms with Crippen LogP contribution in [-0.2, 0) is 19.2 Å². The third-order valence-corrected chi connectivity index (χ3v) is 3.58. The van der Waals surface area contributed by atoms with Crippen LogP contribution in [0.5, 0.6) is 0 Å². The van der Waals surface area contributed by atoms with Gasteiger partial charge >= 0.3 is 11.9 Å². The number of nitrogens with zero attached hydrogens (tertiary/aromatic N) is 2. The number of aliphatic imine (C=N–C) groups is 1. The maximum absolute atomic E-state index is 11.6. The van der Waals surface area contributed by atoms with E-state index in [1.54, 1.807) is 6.92 Å². The zero-order valence-electron chi connectivity index (χ0n) is 12.0. The Kier molecular flexibility index (Phi) is 3.73. The quantitative estimate of drug-likeness (QED) is 0.780. The second-order valence-electron chi connectivity index (χ2n) is 5.69. The second-order valence-corrected chi connectivity index (χ2v) is 5.69. The van der Waals surface area contributed by atoms with Crippen molar-refractivity contribution in [1.29, 1.82) is 0 Å². The molecule has 2 aliphatic heterocycles. The van der Waals surface area contributed by atoms with E-state index in [1.807, 2.05) is 13.8 Å². The van der Waals surface area contributed by atoms with Gasteiger partial charge in [-0.05, 0) is 19.8 Å². The van der Waals surface area contributed by atoms with E-state index in [4.69, 9.17) is 9.57 Å². The molecule has 0 radical (unpaired) electrons. The van der Waals surface area contributed by atoms with Crippen molar-refractivity contribution >= 4 is 17.8 Å². The van der Waals surface area contributed by atoms with Crippen LogP contribution >= 0.6 is 0 Å². The Morgan fingerprint density at radius 2 is 2.20 bits per heavy atom. The van der Waals surface area contributed by atoms with Crippen LogP contribution in [0.3, 0.4) is 0 Å². The molecule has 2 heterocycles. The lowest BCUT2D eigenvalue weighted by Gasteiger charge is -2.35. The molecule has 0 spiro atoms. The molecule has 1 unspecified atom stereocenters. The van der Waals surface area contributed by atoms with Gasteiger partial charge in [0.1, 0.15) is 12.3 Å². The van der Waals surface area contributed by atoms with Crippen molar-refractivity contribution in [3.05, 3.63) is 0 Å². The molecule has 1 N–H and O–H groups in total. The fourth-order valence-corrected chi connectivity index (χ4v) is 2.53. The highest BCUT2D eigenvalue weighted by Gasteiger charge is 2.53. The summed E-state index contributed by atoms with van der Waals surface area (Å²) < 4.78 is 4.81. The fraction of sp³-hybridized carbons (Fsp3) is 0.769. The number of hydrogen-bond acceptors (Lipinski definition) is 6. The molecular weight excluding hydrogens is 264 g/mol. The molecule has 7 heteroatoms. The number of piperidine rings is 1. The Balaban J connectivity index is 2.29. The number of carbonyl (C=O) groups is 2. The maximum Gasteiger partial charge on any atom is 0.362 e. The first-order valence-electron chi connectivity index (χ1n) is 6.77. The zero-order valence-corrected chi connectivity index (χ0v) is 12.0. The number of carboxylic acid groups (broad SMARTS) is 1. The summed E-state index contributed by atoms with van der Waals surface area (Å²) in [5.41, 5.74) is -2.15. The highest BCUT2D eigenvalue weighted by Crippen LogP contribution is 2.39. The van der Waals surface area contributed by atoms with Gasteiger partial charge in [-0.2, -0.15) is 0 Å². The van der Waals surface area contributed by atoms with Gasteiger partial charge in [0.25, 0.3) is 5.72 Å². The Hall–Kier alpha value is -1.63. The highest BCUT2D eigenvalue weighted by molar-refractivity contribution is 5.94. The second kappa shape index (κ2) is 5.05. The van der Waals surface area contributed by atoms with Gasteiger partial charge in [-0.15, -0.1) is 0 Å². The summed E-state index contributed by atoms with van der Waals surface area (Å²) in [6, 6.07) is 0. The minimum absolute atomic E-state index is 0.195. The van der Waals surface area contributed by atoms with Gasteiger partial charge < -0.3 is 9.84 Å². The number of amidine groups is 1. The smallest absolute Gasteiger partial charge is 0.362 e. The van der Waals surface area contributed by atoms with Crippen LogP contribution in [0.25, 0.3) is 0 Å². The van der Waals surface area contributed by atoms with Crippen LogP contribution in [0.15, 0.2) is 4.99 Å². The van der Waals surface area contributed by atoms with E-state index in [0.29, 0.717) is 12.4 Å². The van der Waals surface area contributed by atoms with E-state index in [2.05, 4.69) is 4.99 Å². The van der Waals surface area contributed by atoms with Gasteiger partial charge in [0.05, 0.1) is 6.61 Å². The van der Waals surface area contributed by atoms with Crippen molar-refractivity contribution in [1.82, 2.24) is 5.06 Å². The summed E-state index contributed by atoms with van der Waals surface area (Å²) in [5, 5.41) is 10.9. The number of aliphatic carboxylic acids is 1. The molecule has 0 aromatic heterocycles. The third kappa shape index (κ3) is 2.49.